The summed E-state index contributed by atoms with van der Waals surface area (Å²) in [6, 6.07) is 0. The number of hydrogen-bond acceptors (Lipinski definition) is 5. The van der Waals surface area contributed by atoms with Crippen LogP contribution in [0.3, 0.4) is 0 Å². The van der Waals surface area contributed by atoms with Crippen LogP contribution in [0.2, 0.25) is 0 Å². The van der Waals surface area contributed by atoms with Crippen molar-refractivity contribution >= 4 is 17.6 Å². The van der Waals surface area contributed by atoms with Gasteiger partial charge in [-0.05, 0) is 58.8 Å². The fourth-order valence-corrected chi connectivity index (χ4v) is 5.32. The quantitative estimate of drug-likeness (QED) is 0.670. The topological polar surface area (TPSA) is 75.6 Å². The van der Waals surface area contributed by atoms with Crippen molar-refractivity contribution in [2.75, 3.05) is 31.1 Å². The third-order valence-electron chi connectivity index (χ3n) is 7.27. The number of fused-ring (bicyclic) bond motifs is 1. The van der Waals surface area contributed by atoms with E-state index in [-0.39, 0.29) is 30.4 Å². The number of rotatable bonds is 6. The zero-order chi connectivity index (χ0) is 22.7. The Labute approximate surface area is 191 Å². The second-order valence-corrected chi connectivity index (χ2v) is 9.99. The average molecular weight is 443 g/mol. The lowest BCUT2D eigenvalue weighted by molar-refractivity contribution is -0.138. The van der Waals surface area contributed by atoms with Crippen molar-refractivity contribution in [3.8, 4) is 0 Å². The molecule has 176 valence electrons. The van der Waals surface area contributed by atoms with Crippen LogP contribution in [0.4, 0.5) is 5.82 Å². The molecule has 0 spiro atoms. The van der Waals surface area contributed by atoms with Crippen LogP contribution in [-0.4, -0.2) is 59.0 Å². The van der Waals surface area contributed by atoms with Gasteiger partial charge in [-0.15, -0.1) is 0 Å². The number of piperidine rings is 1. The summed E-state index contributed by atoms with van der Waals surface area (Å²) in [5.74, 6) is 2.78. The molecule has 2 amide bonds. The van der Waals surface area contributed by atoms with Crippen molar-refractivity contribution in [1.82, 2.24) is 14.9 Å². The molecule has 4 rings (SSSR count). The van der Waals surface area contributed by atoms with Crippen LogP contribution in [-0.2, 0) is 20.7 Å². The smallest absolute Gasteiger partial charge is 0.248 e. The van der Waals surface area contributed by atoms with Crippen LogP contribution in [0.5, 0.6) is 0 Å². The number of aryl methyl sites for hydroxylation is 1. The number of likely N-dealkylation sites (tertiary alicyclic amines) is 1. The van der Waals surface area contributed by atoms with E-state index in [2.05, 4.69) is 6.92 Å². The molecular weight excluding hydrogens is 404 g/mol. The van der Waals surface area contributed by atoms with E-state index in [4.69, 9.17) is 14.7 Å². The number of carbonyl (C=O) groups is 2. The van der Waals surface area contributed by atoms with Gasteiger partial charge in [-0.2, -0.15) is 0 Å². The highest BCUT2D eigenvalue weighted by Crippen LogP contribution is 2.34. The Morgan fingerprint density at radius 1 is 1.06 bits per heavy atom. The van der Waals surface area contributed by atoms with Crippen molar-refractivity contribution in [3.63, 3.8) is 0 Å². The second-order valence-electron chi connectivity index (χ2n) is 9.99. The summed E-state index contributed by atoms with van der Waals surface area (Å²) in [5.41, 5.74) is 2.15. The first-order chi connectivity index (χ1) is 15.4. The Morgan fingerprint density at radius 3 is 2.47 bits per heavy atom. The van der Waals surface area contributed by atoms with Gasteiger partial charge in [0.25, 0.3) is 0 Å². The number of hydrogen-bond donors (Lipinski definition) is 0. The Kier molecular flexibility index (Phi) is 7.44. The fourth-order valence-electron chi connectivity index (χ4n) is 5.32. The SMILES string of the molecule is Cc1nc(C2CCN(C(=O)COC(C)C)CC2)nc2c1CCC(=O)N2CC1CCCCC1. The monoisotopic (exact) mass is 442 g/mol. The molecular formula is C25H38N4O3. The molecule has 1 aliphatic carbocycles. The maximum absolute atomic E-state index is 12.9. The van der Waals surface area contributed by atoms with E-state index >= 15 is 0 Å². The van der Waals surface area contributed by atoms with Gasteiger partial charge in [0.1, 0.15) is 18.2 Å². The highest BCUT2D eigenvalue weighted by Gasteiger charge is 2.32. The van der Waals surface area contributed by atoms with Gasteiger partial charge in [-0.3, -0.25) is 14.5 Å². The second kappa shape index (κ2) is 10.3. The van der Waals surface area contributed by atoms with Gasteiger partial charge in [-0.1, -0.05) is 19.3 Å². The largest absolute Gasteiger partial charge is 0.369 e. The molecule has 1 saturated carbocycles. The van der Waals surface area contributed by atoms with Gasteiger partial charge in [0.05, 0.1) is 6.10 Å². The van der Waals surface area contributed by atoms with E-state index in [0.29, 0.717) is 25.4 Å². The minimum absolute atomic E-state index is 0.0580. The number of amides is 2. The van der Waals surface area contributed by atoms with Gasteiger partial charge in [0.15, 0.2) is 0 Å². The molecule has 0 N–H and O–H groups in total. The molecule has 1 saturated heterocycles. The maximum Gasteiger partial charge on any atom is 0.248 e. The minimum atomic E-state index is 0.0580. The van der Waals surface area contributed by atoms with Gasteiger partial charge in [-0.25, -0.2) is 9.97 Å². The van der Waals surface area contributed by atoms with Gasteiger partial charge in [0.2, 0.25) is 11.8 Å². The summed E-state index contributed by atoms with van der Waals surface area (Å²) in [6.07, 6.45) is 9.34. The highest BCUT2D eigenvalue weighted by molar-refractivity contribution is 5.95. The molecule has 32 heavy (non-hydrogen) atoms. The molecule has 3 aliphatic rings. The molecule has 2 fully saturated rings. The van der Waals surface area contributed by atoms with E-state index in [1.165, 1.54) is 32.1 Å². The van der Waals surface area contributed by atoms with E-state index < -0.39 is 0 Å². The number of anilines is 1. The lowest BCUT2D eigenvalue weighted by Gasteiger charge is -2.35. The molecule has 1 aromatic rings. The molecule has 7 nitrogen and oxygen atoms in total. The maximum atomic E-state index is 12.9. The predicted molar refractivity (Wildman–Crippen MR) is 124 cm³/mol. The van der Waals surface area contributed by atoms with Crippen LogP contribution >= 0.6 is 0 Å². The van der Waals surface area contributed by atoms with Crippen molar-refractivity contribution in [1.29, 1.82) is 0 Å². The third kappa shape index (κ3) is 5.30. The molecule has 0 unspecified atom stereocenters. The van der Waals surface area contributed by atoms with Crippen LogP contribution < -0.4 is 4.90 Å². The Balaban J connectivity index is 1.46. The van der Waals surface area contributed by atoms with Crippen LogP contribution in [0.1, 0.15) is 88.2 Å². The molecule has 0 aromatic carbocycles. The van der Waals surface area contributed by atoms with Gasteiger partial charge in [0, 0.05) is 43.2 Å². The molecule has 0 atom stereocenters. The zero-order valence-corrected chi connectivity index (χ0v) is 19.9. The number of nitrogens with zero attached hydrogens (tertiary/aromatic N) is 4. The lowest BCUT2D eigenvalue weighted by Crippen LogP contribution is -2.42. The highest BCUT2D eigenvalue weighted by atomic mass is 16.5. The molecule has 1 aromatic heterocycles. The number of carbonyl (C=O) groups excluding carboxylic acids is 2. The summed E-state index contributed by atoms with van der Waals surface area (Å²) < 4.78 is 5.48. The summed E-state index contributed by atoms with van der Waals surface area (Å²) in [4.78, 5) is 39.0. The third-order valence-corrected chi connectivity index (χ3v) is 7.27. The zero-order valence-electron chi connectivity index (χ0n) is 19.9. The van der Waals surface area contributed by atoms with Gasteiger partial charge >= 0.3 is 0 Å². The first kappa shape index (κ1) is 23.1. The average Bonchev–Trinajstić information content (AvgIpc) is 2.80. The van der Waals surface area contributed by atoms with E-state index in [0.717, 1.165) is 48.7 Å². The predicted octanol–water partition coefficient (Wildman–Crippen LogP) is 3.78. The summed E-state index contributed by atoms with van der Waals surface area (Å²) in [5, 5.41) is 0. The summed E-state index contributed by atoms with van der Waals surface area (Å²) >= 11 is 0. The number of ether oxygens (including phenoxy) is 1. The Bertz CT molecular complexity index is 827. The first-order valence-electron chi connectivity index (χ1n) is 12.5. The normalized spacial score (nSPS) is 20.7. The summed E-state index contributed by atoms with van der Waals surface area (Å²) in [6.45, 7) is 8.29. The molecule has 0 bridgehead atoms. The molecule has 3 heterocycles. The van der Waals surface area contributed by atoms with Crippen LogP contribution in [0, 0.1) is 12.8 Å². The standard InChI is InChI=1S/C25H38N4O3/c1-17(2)32-16-23(31)28-13-11-20(12-14-28)24-26-18(3)21-9-10-22(30)29(25(21)27-24)15-19-7-5-4-6-8-19/h17,19-20H,4-16H2,1-3H3. The fraction of sp³-hybridized carbons (Fsp3) is 0.760. The number of aromatic nitrogens is 2. The van der Waals surface area contributed by atoms with Crippen molar-refractivity contribution in [2.45, 2.75) is 90.6 Å². The van der Waals surface area contributed by atoms with Gasteiger partial charge < -0.3 is 9.64 Å². The van der Waals surface area contributed by atoms with Crippen LogP contribution in [0.25, 0.3) is 0 Å². The first-order valence-corrected chi connectivity index (χ1v) is 12.5. The molecule has 7 heteroatoms. The lowest BCUT2D eigenvalue weighted by atomic mass is 9.88. The molecule has 0 radical (unpaired) electrons. The van der Waals surface area contributed by atoms with E-state index in [1.54, 1.807) is 0 Å². The summed E-state index contributed by atoms with van der Waals surface area (Å²) in [7, 11) is 0. The van der Waals surface area contributed by atoms with Crippen molar-refractivity contribution in [2.24, 2.45) is 5.92 Å². The molecule has 2 aliphatic heterocycles. The van der Waals surface area contributed by atoms with Crippen molar-refractivity contribution in [3.05, 3.63) is 17.1 Å². The Hall–Kier alpha value is -2.02. The minimum Gasteiger partial charge on any atom is -0.369 e. The van der Waals surface area contributed by atoms with E-state index in [1.807, 2.05) is 23.6 Å². The van der Waals surface area contributed by atoms with Crippen LogP contribution in [0.15, 0.2) is 0 Å². The van der Waals surface area contributed by atoms with E-state index in [9.17, 15) is 9.59 Å². The van der Waals surface area contributed by atoms with Crippen molar-refractivity contribution < 1.29 is 14.3 Å². The Morgan fingerprint density at radius 2 is 1.78 bits per heavy atom.